The van der Waals surface area contributed by atoms with E-state index in [2.05, 4.69) is 25.8 Å². The van der Waals surface area contributed by atoms with Crippen molar-refractivity contribution in [2.75, 3.05) is 33.2 Å². The van der Waals surface area contributed by atoms with E-state index in [1.165, 1.54) is 0 Å². The Bertz CT molecular complexity index is 450. The molecular weight excluding hydrogens is 272 g/mol. The van der Waals surface area contributed by atoms with Gasteiger partial charge in [0, 0.05) is 31.2 Å². The second-order valence-electron chi connectivity index (χ2n) is 5.90. The number of carbonyl (C=O) groups is 1. The van der Waals surface area contributed by atoms with Gasteiger partial charge in [-0.15, -0.1) is 0 Å². The predicted molar refractivity (Wildman–Crippen MR) is 83.1 cm³/mol. The highest BCUT2D eigenvalue weighted by Crippen LogP contribution is 2.28. The van der Waals surface area contributed by atoms with Gasteiger partial charge in [-0.1, -0.05) is 37.6 Å². The van der Waals surface area contributed by atoms with Crippen LogP contribution in [0.15, 0.2) is 24.3 Å². The number of hydrogen-bond donors (Lipinski definition) is 0. The van der Waals surface area contributed by atoms with Gasteiger partial charge in [0.25, 0.3) is 0 Å². The van der Waals surface area contributed by atoms with Gasteiger partial charge in [0.15, 0.2) is 0 Å². The van der Waals surface area contributed by atoms with Crippen molar-refractivity contribution in [2.45, 2.75) is 19.8 Å². The third-order valence-electron chi connectivity index (χ3n) is 3.98. The number of rotatable bonds is 3. The molecule has 2 rings (SSSR count). The van der Waals surface area contributed by atoms with E-state index in [0.29, 0.717) is 5.02 Å². The highest BCUT2D eigenvalue weighted by molar-refractivity contribution is 6.30. The quantitative estimate of drug-likeness (QED) is 0.856. The van der Waals surface area contributed by atoms with Gasteiger partial charge in [-0.3, -0.25) is 4.79 Å². The maximum atomic E-state index is 12.8. The van der Waals surface area contributed by atoms with Crippen LogP contribution in [0.3, 0.4) is 0 Å². The number of hydrogen-bond acceptors (Lipinski definition) is 2. The third kappa shape index (κ3) is 3.53. The summed E-state index contributed by atoms with van der Waals surface area (Å²) in [5.41, 5.74) is 1.06. The van der Waals surface area contributed by atoms with Gasteiger partial charge in [-0.2, -0.15) is 0 Å². The third-order valence-corrected chi connectivity index (χ3v) is 4.23. The first-order valence-corrected chi connectivity index (χ1v) is 7.59. The first-order chi connectivity index (χ1) is 9.49. The van der Waals surface area contributed by atoms with Crippen LogP contribution in [-0.4, -0.2) is 48.9 Å². The van der Waals surface area contributed by atoms with E-state index in [1.54, 1.807) is 0 Å². The van der Waals surface area contributed by atoms with Gasteiger partial charge in [-0.05, 0) is 30.7 Å². The fourth-order valence-electron chi connectivity index (χ4n) is 2.71. The fraction of sp³-hybridized carbons (Fsp3) is 0.562. The molecule has 1 aromatic carbocycles. The summed E-state index contributed by atoms with van der Waals surface area (Å²) in [6.07, 6.45) is 0. The molecule has 0 radical (unpaired) electrons. The first kappa shape index (κ1) is 15.3. The minimum Gasteiger partial charge on any atom is -0.340 e. The van der Waals surface area contributed by atoms with Crippen LogP contribution < -0.4 is 0 Å². The van der Waals surface area contributed by atoms with Crippen molar-refractivity contribution in [2.24, 2.45) is 5.92 Å². The smallest absolute Gasteiger partial charge is 0.230 e. The van der Waals surface area contributed by atoms with Crippen molar-refractivity contribution in [3.8, 4) is 0 Å². The summed E-state index contributed by atoms with van der Waals surface area (Å²) in [6.45, 7) is 7.77. The largest absolute Gasteiger partial charge is 0.340 e. The molecule has 0 aliphatic carbocycles. The molecule has 1 atom stereocenters. The monoisotopic (exact) mass is 294 g/mol. The Morgan fingerprint density at radius 3 is 2.15 bits per heavy atom. The van der Waals surface area contributed by atoms with E-state index in [0.717, 1.165) is 31.7 Å². The van der Waals surface area contributed by atoms with Gasteiger partial charge in [-0.25, -0.2) is 0 Å². The standard InChI is InChI=1S/C16H23ClN2O/c1-12(2)15(13-4-6-14(17)7-5-13)16(20)19-10-8-18(3)9-11-19/h4-7,12,15H,8-11H2,1-3H3. The highest BCUT2D eigenvalue weighted by atomic mass is 35.5. The van der Waals surface area contributed by atoms with Crippen LogP contribution >= 0.6 is 11.6 Å². The van der Waals surface area contributed by atoms with Gasteiger partial charge in [0.2, 0.25) is 5.91 Å². The second-order valence-corrected chi connectivity index (χ2v) is 6.34. The van der Waals surface area contributed by atoms with Crippen LogP contribution in [0.4, 0.5) is 0 Å². The van der Waals surface area contributed by atoms with E-state index in [9.17, 15) is 4.79 Å². The lowest BCUT2D eigenvalue weighted by molar-refractivity contribution is -0.135. The van der Waals surface area contributed by atoms with Crippen LogP contribution in [0.25, 0.3) is 0 Å². The summed E-state index contributed by atoms with van der Waals surface area (Å²) in [4.78, 5) is 17.1. The number of halogens is 1. The minimum atomic E-state index is -0.0735. The topological polar surface area (TPSA) is 23.6 Å². The molecule has 0 saturated carbocycles. The van der Waals surface area contributed by atoms with Gasteiger partial charge in [0.1, 0.15) is 0 Å². The molecule has 1 heterocycles. The normalized spacial score (nSPS) is 18.4. The lowest BCUT2D eigenvalue weighted by Gasteiger charge is -2.35. The molecule has 0 bridgehead atoms. The zero-order valence-corrected chi connectivity index (χ0v) is 13.2. The molecule has 3 nitrogen and oxygen atoms in total. The Kier molecular flexibility index (Phi) is 5.06. The van der Waals surface area contributed by atoms with Crippen LogP contribution in [0.2, 0.25) is 5.02 Å². The van der Waals surface area contributed by atoms with Crippen LogP contribution in [0.1, 0.15) is 25.3 Å². The Balaban J connectivity index is 2.16. The van der Waals surface area contributed by atoms with Gasteiger partial charge < -0.3 is 9.80 Å². The Hall–Kier alpha value is -1.06. The highest BCUT2D eigenvalue weighted by Gasteiger charge is 2.29. The van der Waals surface area contributed by atoms with E-state index in [1.807, 2.05) is 29.2 Å². The van der Waals surface area contributed by atoms with Crippen LogP contribution in [0, 0.1) is 5.92 Å². The molecule has 1 aliphatic rings. The van der Waals surface area contributed by atoms with E-state index < -0.39 is 0 Å². The molecule has 1 unspecified atom stereocenters. The van der Waals surface area contributed by atoms with Crippen LogP contribution in [-0.2, 0) is 4.79 Å². The van der Waals surface area contributed by atoms with Crippen molar-refractivity contribution in [1.82, 2.24) is 9.80 Å². The zero-order chi connectivity index (χ0) is 14.7. The predicted octanol–water partition coefficient (Wildman–Crippen LogP) is 2.85. The molecule has 0 spiro atoms. The lowest BCUT2D eigenvalue weighted by atomic mass is 9.87. The maximum absolute atomic E-state index is 12.8. The number of likely N-dealkylation sites (N-methyl/N-ethyl adjacent to an activating group) is 1. The molecule has 110 valence electrons. The summed E-state index contributed by atoms with van der Waals surface area (Å²) < 4.78 is 0. The SMILES string of the molecule is CC(C)C(C(=O)N1CCN(C)CC1)c1ccc(Cl)cc1. The average molecular weight is 295 g/mol. The van der Waals surface area contributed by atoms with E-state index >= 15 is 0 Å². The summed E-state index contributed by atoms with van der Waals surface area (Å²) in [5.74, 6) is 0.453. The number of carbonyl (C=O) groups excluding carboxylic acids is 1. The molecule has 0 N–H and O–H groups in total. The van der Waals surface area contributed by atoms with Crippen molar-refractivity contribution in [3.05, 3.63) is 34.9 Å². The molecule has 1 fully saturated rings. The van der Waals surface area contributed by atoms with Crippen molar-refractivity contribution in [3.63, 3.8) is 0 Å². The molecule has 1 aliphatic heterocycles. The van der Waals surface area contributed by atoms with Crippen molar-refractivity contribution in [1.29, 1.82) is 0 Å². The van der Waals surface area contributed by atoms with Gasteiger partial charge >= 0.3 is 0 Å². The molecule has 1 amide bonds. The zero-order valence-electron chi connectivity index (χ0n) is 12.5. The first-order valence-electron chi connectivity index (χ1n) is 7.22. The number of benzene rings is 1. The average Bonchev–Trinajstić information content (AvgIpc) is 2.41. The Morgan fingerprint density at radius 1 is 1.10 bits per heavy atom. The second kappa shape index (κ2) is 6.59. The molecule has 1 aromatic rings. The van der Waals surface area contributed by atoms with Crippen molar-refractivity contribution >= 4 is 17.5 Å². The maximum Gasteiger partial charge on any atom is 0.230 e. The number of piperazine rings is 1. The fourth-order valence-corrected chi connectivity index (χ4v) is 2.83. The van der Waals surface area contributed by atoms with E-state index in [-0.39, 0.29) is 17.7 Å². The Morgan fingerprint density at radius 2 is 1.65 bits per heavy atom. The number of nitrogens with zero attached hydrogens (tertiary/aromatic N) is 2. The molecule has 4 heteroatoms. The van der Waals surface area contributed by atoms with E-state index in [4.69, 9.17) is 11.6 Å². The number of amides is 1. The Labute approximate surface area is 126 Å². The molecule has 0 aromatic heterocycles. The van der Waals surface area contributed by atoms with Crippen molar-refractivity contribution < 1.29 is 4.79 Å². The summed E-state index contributed by atoms with van der Waals surface area (Å²) in [7, 11) is 2.10. The minimum absolute atomic E-state index is 0.0735. The van der Waals surface area contributed by atoms with Crippen LogP contribution in [0.5, 0.6) is 0 Å². The summed E-state index contributed by atoms with van der Waals surface area (Å²) >= 11 is 5.94. The molecule has 20 heavy (non-hydrogen) atoms. The molecular formula is C16H23ClN2O. The molecule has 1 saturated heterocycles. The summed E-state index contributed by atoms with van der Waals surface area (Å²) in [5, 5.41) is 0.711. The van der Waals surface area contributed by atoms with Gasteiger partial charge in [0.05, 0.1) is 5.92 Å². The summed E-state index contributed by atoms with van der Waals surface area (Å²) in [6, 6.07) is 7.68. The lowest BCUT2D eigenvalue weighted by Crippen LogP contribution is -2.49.